The number of esters is 1. The molecule has 0 bridgehead atoms. The summed E-state index contributed by atoms with van der Waals surface area (Å²) in [6, 6.07) is 6.78. The first-order valence-corrected chi connectivity index (χ1v) is 5.38. The van der Waals surface area contributed by atoms with Gasteiger partial charge in [0.15, 0.2) is 0 Å². The number of nitrogens with two attached hydrogens (primary N) is 1. The van der Waals surface area contributed by atoms with Crippen LogP contribution >= 0.6 is 0 Å². The molecule has 0 aliphatic carbocycles. The molecule has 0 unspecified atom stereocenters. The maximum atomic E-state index is 12.8. The number of anilines is 1. The van der Waals surface area contributed by atoms with Crippen LogP contribution < -0.4 is 10.5 Å². The Morgan fingerprint density at radius 2 is 1.95 bits per heavy atom. The summed E-state index contributed by atoms with van der Waals surface area (Å²) in [6.07, 6.45) is 1.38. The Balaban J connectivity index is 2.30. The van der Waals surface area contributed by atoms with Crippen molar-refractivity contribution in [2.24, 2.45) is 0 Å². The van der Waals surface area contributed by atoms with Crippen LogP contribution in [0.3, 0.4) is 0 Å². The molecule has 0 atom stereocenters. The normalized spacial score (nSPS) is 10.0. The Hall–Kier alpha value is -2.63. The summed E-state index contributed by atoms with van der Waals surface area (Å²) in [5.41, 5.74) is 6.01. The number of hydrogen-bond acceptors (Lipinski definition) is 5. The van der Waals surface area contributed by atoms with E-state index in [4.69, 9.17) is 10.5 Å². The fourth-order valence-electron chi connectivity index (χ4n) is 1.44. The van der Waals surface area contributed by atoms with Crippen molar-refractivity contribution < 1.29 is 18.7 Å². The third-order valence-corrected chi connectivity index (χ3v) is 2.39. The van der Waals surface area contributed by atoms with Crippen LogP contribution in [0.25, 0.3) is 0 Å². The molecule has 0 spiro atoms. The molecule has 1 heterocycles. The van der Waals surface area contributed by atoms with Gasteiger partial charge in [-0.3, -0.25) is 0 Å². The zero-order valence-electron chi connectivity index (χ0n) is 10.1. The second-order valence-electron chi connectivity index (χ2n) is 3.62. The van der Waals surface area contributed by atoms with Crippen LogP contribution in [0.5, 0.6) is 11.6 Å². The van der Waals surface area contributed by atoms with Gasteiger partial charge in [0, 0.05) is 6.20 Å². The van der Waals surface area contributed by atoms with Crippen LogP contribution in [0.2, 0.25) is 0 Å². The van der Waals surface area contributed by atoms with Gasteiger partial charge in [0.2, 0.25) is 5.88 Å². The highest BCUT2D eigenvalue weighted by Crippen LogP contribution is 2.27. The number of hydrogen-bond donors (Lipinski definition) is 1. The van der Waals surface area contributed by atoms with Crippen molar-refractivity contribution in [1.82, 2.24) is 4.98 Å². The topological polar surface area (TPSA) is 74.4 Å². The van der Waals surface area contributed by atoms with Gasteiger partial charge < -0.3 is 15.2 Å². The van der Waals surface area contributed by atoms with Crippen molar-refractivity contribution in [1.29, 1.82) is 0 Å². The Bertz CT molecular complexity index is 599. The van der Waals surface area contributed by atoms with E-state index in [1.807, 2.05) is 0 Å². The molecule has 0 saturated heterocycles. The maximum absolute atomic E-state index is 12.8. The molecule has 0 fully saturated rings. The summed E-state index contributed by atoms with van der Waals surface area (Å²) < 4.78 is 22.7. The van der Waals surface area contributed by atoms with Gasteiger partial charge >= 0.3 is 5.97 Å². The third kappa shape index (κ3) is 2.79. The van der Waals surface area contributed by atoms with Gasteiger partial charge in [0.1, 0.15) is 17.3 Å². The summed E-state index contributed by atoms with van der Waals surface area (Å²) in [7, 11) is 1.25. The van der Waals surface area contributed by atoms with E-state index < -0.39 is 5.97 Å². The fourth-order valence-corrected chi connectivity index (χ4v) is 1.44. The van der Waals surface area contributed by atoms with Crippen LogP contribution in [0, 0.1) is 5.82 Å². The molecule has 98 valence electrons. The lowest BCUT2D eigenvalue weighted by Gasteiger charge is -2.09. The van der Waals surface area contributed by atoms with Gasteiger partial charge in [-0.05, 0) is 30.3 Å². The average molecular weight is 262 g/mol. The first-order valence-electron chi connectivity index (χ1n) is 5.38. The summed E-state index contributed by atoms with van der Waals surface area (Å²) in [5.74, 6) is -0.530. The van der Waals surface area contributed by atoms with E-state index in [0.717, 1.165) is 0 Å². The molecule has 2 N–H and O–H groups in total. The van der Waals surface area contributed by atoms with Crippen molar-refractivity contribution in [2.75, 3.05) is 12.8 Å². The van der Waals surface area contributed by atoms with E-state index in [2.05, 4.69) is 9.72 Å². The van der Waals surface area contributed by atoms with Crippen molar-refractivity contribution in [3.8, 4) is 11.6 Å². The van der Waals surface area contributed by atoms with E-state index >= 15 is 0 Å². The molecule has 1 aromatic carbocycles. The Labute approximate surface area is 108 Å². The predicted octanol–water partition coefficient (Wildman–Crippen LogP) is 2.38. The Kier molecular flexibility index (Phi) is 3.61. The molecule has 0 amide bonds. The van der Waals surface area contributed by atoms with Crippen LogP contribution in [-0.4, -0.2) is 18.1 Å². The standard InChI is InChI=1S/C13H11FN2O3/c1-18-13(17)10-6-7-16-12(11(10)15)19-9-4-2-8(14)3-5-9/h2-7H,15H2,1H3. The van der Waals surface area contributed by atoms with Crippen LogP contribution in [0.1, 0.15) is 10.4 Å². The number of nitrogens with zero attached hydrogens (tertiary/aromatic N) is 1. The summed E-state index contributed by atoms with van der Waals surface area (Å²) in [5, 5.41) is 0. The molecule has 0 aliphatic rings. The minimum absolute atomic E-state index is 0.0644. The molecular formula is C13H11FN2O3. The second kappa shape index (κ2) is 5.34. The van der Waals surface area contributed by atoms with Crippen LogP contribution in [-0.2, 0) is 4.74 Å². The lowest BCUT2D eigenvalue weighted by molar-refractivity contribution is 0.0601. The number of pyridine rings is 1. The predicted molar refractivity (Wildman–Crippen MR) is 66.5 cm³/mol. The number of rotatable bonds is 3. The quantitative estimate of drug-likeness (QED) is 0.859. The molecule has 1 aromatic heterocycles. The highest BCUT2D eigenvalue weighted by atomic mass is 19.1. The van der Waals surface area contributed by atoms with Gasteiger partial charge in [-0.15, -0.1) is 0 Å². The average Bonchev–Trinajstić information content (AvgIpc) is 2.43. The van der Waals surface area contributed by atoms with E-state index in [1.54, 1.807) is 0 Å². The molecule has 2 rings (SSSR count). The monoisotopic (exact) mass is 262 g/mol. The van der Waals surface area contributed by atoms with Crippen molar-refractivity contribution in [3.05, 3.63) is 47.9 Å². The molecule has 0 saturated carbocycles. The lowest BCUT2D eigenvalue weighted by Crippen LogP contribution is -2.07. The smallest absolute Gasteiger partial charge is 0.340 e. The fraction of sp³-hybridized carbons (Fsp3) is 0.0769. The number of ether oxygens (including phenoxy) is 2. The number of nitrogen functional groups attached to an aromatic ring is 1. The summed E-state index contributed by atoms with van der Waals surface area (Å²) in [6.45, 7) is 0. The van der Waals surface area contributed by atoms with Crippen molar-refractivity contribution in [3.63, 3.8) is 0 Å². The highest BCUT2D eigenvalue weighted by molar-refractivity contribution is 5.96. The molecule has 5 nitrogen and oxygen atoms in total. The van der Waals surface area contributed by atoms with E-state index in [0.29, 0.717) is 5.75 Å². The minimum Gasteiger partial charge on any atom is -0.465 e. The minimum atomic E-state index is -0.580. The number of carbonyl (C=O) groups excluding carboxylic acids is 1. The van der Waals surface area contributed by atoms with Crippen molar-refractivity contribution in [2.45, 2.75) is 0 Å². The van der Waals surface area contributed by atoms with Crippen molar-refractivity contribution >= 4 is 11.7 Å². The molecule has 2 aromatic rings. The molecule has 0 radical (unpaired) electrons. The lowest BCUT2D eigenvalue weighted by atomic mass is 10.2. The second-order valence-corrected chi connectivity index (χ2v) is 3.62. The molecular weight excluding hydrogens is 251 g/mol. The first kappa shape index (κ1) is 12.8. The molecule has 6 heteroatoms. The molecule has 0 aliphatic heterocycles. The maximum Gasteiger partial charge on any atom is 0.340 e. The number of aromatic nitrogens is 1. The van der Waals surface area contributed by atoms with Gasteiger partial charge in [-0.1, -0.05) is 0 Å². The summed E-state index contributed by atoms with van der Waals surface area (Å²) >= 11 is 0. The largest absolute Gasteiger partial charge is 0.465 e. The highest BCUT2D eigenvalue weighted by Gasteiger charge is 2.15. The van der Waals surface area contributed by atoms with Crippen LogP contribution in [0.15, 0.2) is 36.5 Å². The van der Waals surface area contributed by atoms with Gasteiger partial charge in [-0.25, -0.2) is 14.2 Å². The van der Waals surface area contributed by atoms with Gasteiger partial charge in [-0.2, -0.15) is 0 Å². The van der Waals surface area contributed by atoms with E-state index in [-0.39, 0.29) is 22.9 Å². The SMILES string of the molecule is COC(=O)c1ccnc(Oc2ccc(F)cc2)c1N. The Morgan fingerprint density at radius 1 is 1.26 bits per heavy atom. The number of methoxy groups -OCH3 is 1. The Morgan fingerprint density at radius 3 is 2.58 bits per heavy atom. The molecule has 19 heavy (non-hydrogen) atoms. The van der Waals surface area contributed by atoms with Crippen LogP contribution in [0.4, 0.5) is 10.1 Å². The van der Waals surface area contributed by atoms with E-state index in [9.17, 15) is 9.18 Å². The zero-order valence-corrected chi connectivity index (χ0v) is 10.1. The first-order chi connectivity index (χ1) is 9.11. The zero-order chi connectivity index (χ0) is 13.8. The number of carbonyl (C=O) groups is 1. The van der Waals surface area contributed by atoms with E-state index in [1.165, 1.54) is 43.6 Å². The third-order valence-electron chi connectivity index (χ3n) is 2.39. The van der Waals surface area contributed by atoms with Gasteiger partial charge in [0.05, 0.1) is 12.7 Å². The number of benzene rings is 1. The van der Waals surface area contributed by atoms with Gasteiger partial charge in [0.25, 0.3) is 0 Å². The number of halogens is 1. The summed E-state index contributed by atoms with van der Waals surface area (Å²) in [4.78, 5) is 15.4.